The second-order valence-electron chi connectivity index (χ2n) is 12.2. The lowest BCUT2D eigenvalue weighted by molar-refractivity contribution is -0.172. The summed E-state index contributed by atoms with van der Waals surface area (Å²) in [5.74, 6) is -7.77. The zero-order valence-corrected chi connectivity index (χ0v) is 27.9. The molecule has 2 aromatic rings. The van der Waals surface area contributed by atoms with Crippen LogP contribution in [0.5, 0.6) is 11.5 Å². The molecule has 12 heteroatoms. The van der Waals surface area contributed by atoms with Gasteiger partial charge in [-0.05, 0) is 55.5 Å². The number of unbranched alkanes of at least 4 members (excludes halogenated alkanes) is 8. The van der Waals surface area contributed by atoms with Gasteiger partial charge in [0, 0.05) is 25.3 Å². The Morgan fingerprint density at radius 1 is 0.857 bits per heavy atom. The summed E-state index contributed by atoms with van der Waals surface area (Å²) in [6, 6.07) is 10.1. The van der Waals surface area contributed by atoms with E-state index in [-0.39, 0.29) is 18.0 Å². The van der Waals surface area contributed by atoms with Gasteiger partial charge >= 0.3 is 17.9 Å². The van der Waals surface area contributed by atoms with E-state index in [2.05, 4.69) is 12.2 Å². The van der Waals surface area contributed by atoms with Crippen molar-refractivity contribution in [2.24, 2.45) is 5.92 Å². The molecule has 0 unspecified atom stereocenters. The third-order valence-electron chi connectivity index (χ3n) is 8.06. The number of ether oxygens (including phenoxy) is 1. The highest BCUT2D eigenvalue weighted by Gasteiger charge is 2.49. The van der Waals surface area contributed by atoms with Crippen LogP contribution in [0.1, 0.15) is 96.0 Å². The van der Waals surface area contributed by atoms with Crippen LogP contribution in [0.4, 0.5) is 4.39 Å². The van der Waals surface area contributed by atoms with Crippen LogP contribution in [0.2, 0.25) is 0 Å². The van der Waals surface area contributed by atoms with E-state index in [0.29, 0.717) is 37.0 Å². The van der Waals surface area contributed by atoms with Gasteiger partial charge in [-0.25, -0.2) is 14.0 Å². The maximum Gasteiger partial charge on any atom is 0.337 e. The number of ketones is 1. The highest BCUT2D eigenvalue weighted by Crippen LogP contribution is 2.26. The normalized spacial score (nSPS) is 13.7. The van der Waals surface area contributed by atoms with Gasteiger partial charge in [0.25, 0.3) is 0 Å². The zero-order chi connectivity index (χ0) is 36.2. The first-order valence-corrected chi connectivity index (χ1v) is 16.8. The zero-order valence-electron chi connectivity index (χ0n) is 27.9. The van der Waals surface area contributed by atoms with Crippen LogP contribution in [0.25, 0.3) is 0 Å². The fourth-order valence-electron chi connectivity index (χ4n) is 5.29. The number of nitrogens with one attached hydrogen (secondary N) is 1. The summed E-state index contributed by atoms with van der Waals surface area (Å²) >= 11 is 0. The van der Waals surface area contributed by atoms with Crippen molar-refractivity contribution in [3.05, 3.63) is 72.1 Å². The number of allylic oxidation sites excluding steroid dienone is 1. The molecular weight excluding hydrogens is 637 g/mol. The molecule has 0 saturated carbocycles. The molecule has 2 aromatic carbocycles. The molecule has 11 nitrogen and oxygen atoms in total. The number of hydrogen-bond donors (Lipinski definition) is 5. The van der Waals surface area contributed by atoms with Gasteiger partial charge in [-0.3, -0.25) is 14.4 Å². The molecule has 3 atom stereocenters. The van der Waals surface area contributed by atoms with E-state index < -0.39 is 53.6 Å². The van der Waals surface area contributed by atoms with Crippen LogP contribution >= 0.6 is 0 Å². The van der Waals surface area contributed by atoms with Gasteiger partial charge in [0.2, 0.25) is 5.91 Å². The average molecular weight is 686 g/mol. The lowest BCUT2D eigenvalue weighted by Crippen LogP contribution is -2.55. The molecule has 0 heterocycles. The number of benzene rings is 2. The monoisotopic (exact) mass is 685 g/mol. The molecule has 0 radical (unpaired) electrons. The number of Topliss-reactive ketones (excluding diaryl/α,β-unsaturated/α-hetero) is 1. The van der Waals surface area contributed by atoms with Gasteiger partial charge in [-0.1, -0.05) is 75.8 Å². The largest absolute Gasteiger partial charge is 0.481 e. The van der Waals surface area contributed by atoms with Gasteiger partial charge < -0.3 is 30.5 Å². The quantitative estimate of drug-likeness (QED) is 0.0573. The van der Waals surface area contributed by atoms with Gasteiger partial charge in [0.05, 0.1) is 12.3 Å². The van der Waals surface area contributed by atoms with E-state index in [9.17, 15) is 48.8 Å². The minimum Gasteiger partial charge on any atom is -0.481 e. The topological polar surface area (TPSA) is 188 Å². The Morgan fingerprint density at radius 3 is 2.06 bits per heavy atom. The smallest absolute Gasteiger partial charge is 0.337 e. The fourth-order valence-corrected chi connectivity index (χ4v) is 5.29. The highest BCUT2D eigenvalue weighted by atomic mass is 19.1. The number of halogens is 1. The predicted molar refractivity (Wildman–Crippen MR) is 180 cm³/mol. The average Bonchev–Trinajstić information content (AvgIpc) is 3.04. The van der Waals surface area contributed by atoms with Crippen molar-refractivity contribution in [2.45, 2.75) is 108 Å². The summed E-state index contributed by atoms with van der Waals surface area (Å²) in [6.45, 7) is 2.14. The Balaban J connectivity index is 2.01. The van der Waals surface area contributed by atoms with Crippen molar-refractivity contribution in [1.29, 1.82) is 0 Å². The minimum absolute atomic E-state index is 0.233. The predicted octanol–water partition coefficient (Wildman–Crippen LogP) is 6.46. The fraction of sp³-hybridized carbons (Fsp3) is 0.486. The third-order valence-corrected chi connectivity index (χ3v) is 8.06. The minimum atomic E-state index is -3.05. The van der Waals surface area contributed by atoms with Gasteiger partial charge in [0.15, 0.2) is 5.60 Å². The maximum atomic E-state index is 13.5. The van der Waals surface area contributed by atoms with Crippen LogP contribution in [-0.4, -0.2) is 61.7 Å². The van der Waals surface area contributed by atoms with E-state index in [1.165, 1.54) is 55.0 Å². The number of hydrogen-bond acceptors (Lipinski definition) is 7. The SMILES string of the molecule is CCCCCCCC(=O)CCCCCCC=C[C@H](C(=O)N[C@@H](Cc1ccc(Oc2cccc(F)c2)cc1)C(=O)O)[C@@](O)(CC(=O)O)C(=O)O. The molecule has 0 fully saturated rings. The molecule has 0 spiro atoms. The van der Waals surface area contributed by atoms with E-state index in [1.807, 2.05) is 0 Å². The molecule has 0 aliphatic rings. The number of rotatable bonds is 25. The lowest BCUT2D eigenvalue weighted by atomic mass is 9.82. The van der Waals surface area contributed by atoms with Crippen molar-refractivity contribution in [3.8, 4) is 11.5 Å². The van der Waals surface area contributed by atoms with Gasteiger partial charge in [-0.2, -0.15) is 0 Å². The molecule has 0 bridgehead atoms. The van der Waals surface area contributed by atoms with Crippen molar-refractivity contribution < 1.29 is 53.5 Å². The molecular formula is C37H48FNO10. The first-order valence-electron chi connectivity index (χ1n) is 16.8. The van der Waals surface area contributed by atoms with E-state index in [4.69, 9.17) is 4.74 Å². The number of carboxylic acids is 3. The summed E-state index contributed by atoms with van der Waals surface area (Å²) in [7, 11) is 0. The Kier molecular flexibility index (Phi) is 17.7. The van der Waals surface area contributed by atoms with Crippen LogP contribution in [0, 0.1) is 11.7 Å². The Morgan fingerprint density at radius 2 is 1.49 bits per heavy atom. The highest BCUT2D eigenvalue weighted by molar-refractivity contribution is 5.94. The van der Waals surface area contributed by atoms with E-state index >= 15 is 0 Å². The Hall–Kier alpha value is -4.58. The van der Waals surface area contributed by atoms with Crippen LogP contribution < -0.4 is 10.1 Å². The van der Waals surface area contributed by atoms with Crippen LogP contribution in [-0.2, 0) is 30.4 Å². The number of aliphatic carboxylic acids is 3. The number of carbonyl (C=O) groups excluding carboxylic acids is 2. The number of aliphatic hydroxyl groups is 1. The molecule has 5 N–H and O–H groups in total. The summed E-state index contributed by atoms with van der Waals surface area (Å²) < 4.78 is 19.0. The molecule has 268 valence electrons. The summed E-state index contributed by atoms with van der Waals surface area (Å²) in [5, 5.41) is 42.1. The van der Waals surface area contributed by atoms with Crippen molar-refractivity contribution in [2.75, 3.05) is 0 Å². The number of carbonyl (C=O) groups is 5. The first-order chi connectivity index (χ1) is 23.3. The molecule has 2 rings (SSSR count). The van der Waals surface area contributed by atoms with E-state index in [1.54, 1.807) is 6.07 Å². The molecule has 0 aromatic heterocycles. The summed E-state index contributed by atoms with van der Waals surface area (Å²) in [6.07, 6.45) is 10.9. The Labute approximate surface area is 286 Å². The van der Waals surface area contributed by atoms with E-state index in [0.717, 1.165) is 51.0 Å². The van der Waals surface area contributed by atoms with Gasteiger partial charge in [-0.15, -0.1) is 0 Å². The lowest BCUT2D eigenvalue weighted by Gasteiger charge is -2.29. The van der Waals surface area contributed by atoms with Crippen molar-refractivity contribution >= 4 is 29.6 Å². The molecule has 0 aliphatic carbocycles. The standard InChI is InChI=1S/C37H48FNO10/c1-2-3-4-7-10-15-28(40)16-11-8-5-6-9-12-18-31(37(48,36(46)47)25-33(41)42)34(43)39-32(35(44)45)23-26-19-21-29(22-20-26)49-30-17-13-14-27(38)24-30/h12-14,17-22,24,31-32,48H,2-11,15-16,23,25H2,1H3,(H,39,43)(H,41,42)(H,44,45)(H,46,47)/t31-,32+,37+/m1/s1. The molecule has 0 aliphatic heterocycles. The molecule has 49 heavy (non-hydrogen) atoms. The molecule has 0 saturated heterocycles. The number of carboxylic acid groups (broad SMARTS) is 3. The van der Waals surface area contributed by atoms with Crippen LogP contribution in [0.15, 0.2) is 60.7 Å². The number of amides is 1. The third kappa shape index (κ3) is 15.0. The first kappa shape index (κ1) is 40.6. The maximum absolute atomic E-state index is 13.5. The second-order valence-corrected chi connectivity index (χ2v) is 12.2. The summed E-state index contributed by atoms with van der Waals surface area (Å²) in [4.78, 5) is 61.0. The Bertz CT molecular complexity index is 1410. The van der Waals surface area contributed by atoms with Crippen molar-refractivity contribution in [3.63, 3.8) is 0 Å². The van der Waals surface area contributed by atoms with Gasteiger partial charge in [0.1, 0.15) is 29.1 Å². The second kappa shape index (κ2) is 21.4. The van der Waals surface area contributed by atoms with Crippen LogP contribution in [0.3, 0.4) is 0 Å². The summed E-state index contributed by atoms with van der Waals surface area (Å²) in [5.41, 5.74) is -2.60. The molecule has 1 amide bonds. The van der Waals surface area contributed by atoms with Crippen molar-refractivity contribution in [1.82, 2.24) is 5.32 Å².